The maximum absolute atomic E-state index is 11.7. The molecule has 1 aliphatic carbocycles. The van der Waals surface area contributed by atoms with Crippen LogP contribution in [0.1, 0.15) is 42.5 Å². The highest BCUT2D eigenvalue weighted by atomic mass is 16.2. The van der Waals surface area contributed by atoms with Crippen molar-refractivity contribution >= 4 is 11.8 Å². The summed E-state index contributed by atoms with van der Waals surface area (Å²) < 4.78 is 0. The van der Waals surface area contributed by atoms with Crippen LogP contribution in [0.15, 0.2) is 24.5 Å². The molecule has 5 nitrogen and oxygen atoms in total. The Balaban J connectivity index is 1.59. The number of hydrogen-bond donors (Lipinski definition) is 2. The molecule has 0 radical (unpaired) electrons. The molecule has 0 aliphatic heterocycles. The van der Waals surface area contributed by atoms with Gasteiger partial charge in [-0.15, -0.1) is 0 Å². The molecule has 2 N–H and O–H groups in total. The zero-order valence-corrected chi connectivity index (χ0v) is 11.6. The highest BCUT2D eigenvalue weighted by Gasteiger charge is 2.17. The van der Waals surface area contributed by atoms with Crippen LogP contribution in [0.4, 0.5) is 0 Å². The van der Waals surface area contributed by atoms with E-state index in [-0.39, 0.29) is 11.8 Å². The molecule has 0 unspecified atom stereocenters. The molecule has 1 saturated carbocycles. The summed E-state index contributed by atoms with van der Waals surface area (Å²) in [4.78, 5) is 27.3. The van der Waals surface area contributed by atoms with E-state index in [9.17, 15) is 9.59 Å². The molecule has 108 valence electrons. The lowest BCUT2D eigenvalue weighted by Gasteiger charge is -2.10. The standard InChI is InChI=1S/C15H21N3O2/c19-14(10-12-4-1-2-5-12)17-8-9-18-15(20)13-6-3-7-16-11-13/h3,6-7,11-12H,1-2,4-5,8-10H2,(H,17,19)(H,18,20). The number of rotatable bonds is 6. The molecule has 1 aromatic heterocycles. The van der Waals surface area contributed by atoms with Gasteiger partial charge in [-0.1, -0.05) is 12.8 Å². The second kappa shape index (κ2) is 7.62. The molecule has 1 fully saturated rings. The average Bonchev–Trinajstić information content (AvgIpc) is 2.97. The summed E-state index contributed by atoms with van der Waals surface area (Å²) in [5, 5.41) is 5.60. The minimum Gasteiger partial charge on any atom is -0.354 e. The van der Waals surface area contributed by atoms with Crippen LogP contribution in [0.3, 0.4) is 0 Å². The van der Waals surface area contributed by atoms with E-state index in [1.54, 1.807) is 18.3 Å². The largest absolute Gasteiger partial charge is 0.354 e. The molecule has 1 aliphatic rings. The van der Waals surface area contributed by atoms with Crippen molar-refractivity contribution < 1.29 is 9.59 Å². The van der Waals surface area contributed by atoms with Gasteiger partial charge in [0.1, 0.15) is 0 Å². The van der Waals surface area contributed by atoms with Gasteiger partial charge in [-0.3, -0.25) is 14.6 Å². The number of nitrogens with zero attached hydrogens (tertiary/aromatic N) is 1. The summed E-state index contributed by atoms with van der Waals surface area (Å²) in [5.41, 5.74) is 0.532. The number of aromatic nitrogens is 1. The molecule has 20 heavy (non-hydrogen) atoms. The highest BCUT2D eigenvalue weighted by Crippen LogP contribution is 2.27. The van der Waals surface area contributed by atoms with E-state index in [4.69, 9.17) is 0 Å². The fraction of sp³-hybridized carbons (Fsp3) is 0.533. The van der Waals surface area contributed by atoms with E-state index in [1.165, 1.54) is 31.9 Å². The minimum atomic E-state index is -0.164. The summed E-state index contributed by atoms with van der Waals surface area (Å²) in [5.74, 6) is 0.482. The quantitative estimate of drug-likeness (QED) is 0.773. The molecular formula is C15H21N3O2. The third-order valence-electron chi connectivity index (χ3n) is 3.61. The monoisotopic (exact) mass is 275 g/mol. The van der Waals surface area contributed by atoms with Crippen LogP contribution < -0.4 is 10.6 Å². The molecular weight excluding hydrogens is 254 g/mol. The van der Waals surface area contributed by atoms with Crippen molar-refractivity contribution in [2.75, 3.05) is 13.1 Å². The van der Waals surface area contributed by atoms with Crippen LogP contribution in [0.2, 0.25) is 0 Å². The van der Waals surface area contributed by atoms with Gasteiger partial charge in [0, 0.05) is 31.9 Å². The third kappa shape index (κ3) is 4.64. The van der Waals surface area contributed by atoms with E-state index >= 15 is 0 Å². The van der Waals surface area contributed by atoms with Gasteiger partial charge in [0.05, 0.1) is 5.56 Å². The Morgan fingerprint density at radius 3 is 2.65 bits per heavy atom. The van der Waals surface area contributed by atoms with E-state index in [0.29, 0.717) is 31.0 Å². The summed E-state index contributed by atoms with van der Waals surface area (Å²) >= 11 is 0. The van der Waals surface area contributed by atoms with Crippen molar-refractivity contribution in [2.24, 2.45) is 5.92 Å². The van der Waals surface area contributed by atoms with Crippen molar-refractivity contribution in [3.63, 3.8) is 0 Å². The first-order valence-corrected chi connectivity index (χ1v) is 7.20. The summed E-state index contributed by atoms with van der Waals surface area (Å²) in [6.07, 6.45) is 8.61. The Morgan fingerprint density at radius 1 is 1.20 bits per heavy atom. The Hall–Kier alpha value is -1.91. The molecule has 0 saturated heterocycles. The zero-order valence-electron chi connectivity index (χ0n) is 11.6. The molecule has 1 heterocycles. The first kappa shape index (κ1) is 14.5. The summed E-state index contributed by atoms with van der Waals surface area (Å²) in [6, 6.07) is 3.43. The molecule has 1 aromatic rings. The van der Waals surface area contributed by atoms with E-state index in [1.807, 2.05) is 0 Å². The number of amides is 2. The van der Waals surface area contributed by atoms with Crippen LogP contribution in [0.5, 0.6) is 0 Å². The topological polar surface area (TPSA) is 71.1 Å². The molecule has 2 rings (SSSR count). The van der Waals surface area contributed by atoms with Crippen LogP contribution in [-0.4, -0.2) is 29.9 Å². The van der Waals surface area contributed by atoms with Gasteiger partial charge in [-0.2, -0.15) is 0 Å². The fourth-order valence-electron chi connectivity index (χ4n) is 2.53. The number of hydrogen-bond acceptors (Lipinski definition) is 3. The molecule has 2 amide bonds. The van der Waals surface area contributed by atoms with Crippen LogP contribution in [0, 0.1) is 5.92 Å². The Labute approximate surface area is 119 Å². The fourth-order valence-corrected chi connectivity index (χ4v) is 2.53. The second-order valence-electron chi connectivity index (χ2n) is 5.20. The van der Waals surface area contributed by atoms with Crippen LogP contribution in [0.25, 0.3) is 0 Å². The van der Waals surface area contributed by atoms with Crippen molar-refractivity contribution in [1.82, 2.24) is 15.6 Å². The molecule has 5 heteroatoms. The molecule has 0 bridgehead atoms. The number of pyridine rings is 1. The lowest BCUT2D eigenvalue weighted by molar-refractivity contribution is -0.121. The first-order chi connectivity index (χ1) is 9.75. The normalized spacial score (nSPS) is 15.0. The SMILES string of the molecule is O=C(CC1CCCC1)NCCNC(=O)c1cccnc1. The number of carbonyl (C=O) groups is 2. The Bertz CT molecular complexity index is 442. The molecule has 0 spiro atoms. The number of nitrogens with one attached hydrogen (secondary N) is 2. The Kier molecular flexibility index (Phi) is 5.53. The Morgan fingerprint density at radius 2 is 1.95 bits per heavy atom. The maximum Gasteiger partial charge on any atom is 0.252 e. The predicted molar refractivity (Wildman–Crippen MR) is 76.2 cm³/mol. The van der Waals surface area contributed by atoms with Gasteiger partial charge in [0.15, 0.2) is 0 Å². The number of carbonyl (C=O) groups excluding carboxylic acids is 2. The maximum atomic E-state index is 11.7. The predicted octanol–water partition coefficient (Wildman–Crippen LogP) is 1.51. The smallest absolute Gasteiger partial charge is 0.252 e. The summed E-state index contributed by atoms with van der Waals surface area (Å²) in [6.45, 7) is 0.904. The van der Waals surface area contributed by atoms with Crippen molar-refractivity contribution in [3.05, 3.63) is 30.1 Å². The van der Waals surface area contributed by atoms with E-state index < -0.39 is 0 Å². The van der Waals surface area contributed by atoms with Gasteiger partial charge in [0.2, 0.25) is 5.91 Å². The first-order valence-electron chi connectivity index (χ1n) is 7.20. The van der Waals surface area contributed by atoms with Crippen molar-refractivity contribution in [3.8, 4) is 0 Å². The van der Waals surface area contributed by atoms with Crippen molar-refractivity contribution in [1.29, 1.82) is 0 Å². The second-order valence-corrected chi connectivity index (χ2v) is 5.20. The lowest BCUT2D eigenvalue weighted by Crippen LogP contribution is -2.35. The van der Waals surface area contributed by atoms with Crippen LogP contribution >= 0.6 is 0 Å². The minimum absolute atomic E-state index is 0.0903. The molecule has 0 aromatic carbocycles. The van der Waals surface area contributed by atoms with Gasteiger partial charge in [0.25, 0.3) is 5.91 Å². The van der Waals surface area contributed by atoms with E-state index in [0.717, 1.165) is 0 Å². The third-order valence-corrected chi connectivity index (χ3v) is 3.61. The summed E-state index contributed by atoms with van der Waals surface area (Å²) in [7, 11) is 0. The van der Waals surface area contributed by atoms with Crippen LogP contribution in [-0.2, 0) is 4.79 Å². The van der Waals surface area contributed by atoms with Crippen molar-refractivity contribution in [2.45, 2.75) is 32.1 Å². The van der Waals surface area contributed by atoms with Gasteiger partial charge < -0.3 is 10.6 Å². The van der Waals surface area contributed by atoms with Gasteiger partial charge in [-0.25, -0.2) is 0 Å². The highest BCUT2D eigenvalue weighted by molar-refractivity contribution is 5.93. The van der Waals surface area contributed by atoms with Gasteiger partial charge >= 0.3 is 0 Å². The lowest BCUT2D eigenvalue weighted by atomic mass is 10.0. The zero-order chi connectivity index (χ0) is 14.2. The van der Waals surface area contributed by atoms with Gasteiger partial charge in [-0.05, 0) is 30.9 Å². The van der Waals surface area contributed by atoms with E-state index in [2.05, 4.69) is 15.6 Å². The average molecular weight is 275 g/mol. The molecule has 0 atom stereocenters.